The summed E-state index contributed by atoms with van der Waals surface area (Å²) in [6.07, 6.45) is 17.6. The van der Waals surface area contributed by atoms with Gasteiger partial charge in [-0.25, -0.2) is 0 Å². The van der Waals surface area contributed by atoms with Gasteiger partial charge in [0.25, 0.3) is 0 Å². The molecule has 10 atom stereocenters. The fourth-order valence-corrected chi connectivity index (χ4v) is 9.62. The average molecular weight is 387 g/mol. The van der Waals surface area contributed by atoms with Crippen molar-refractivity contribution >= 4 is 0 Å². The number of hydrogen-bond acceptors (Lipinski definition) is 1. The van der Waals surface area contributed by atoms with Crippen LogP contribution in [0.4, 0.5) is 0 Å². The second-order valence-electron chi connectivity index (χ2n) is 12.8. The van der Waals surface area contributed by atoms with Crippen molar-refractivity contribution in [3.8, 4) is 0 Å². The SMILES string of the molecule is CC(C)CCC[C@@H](C)[C@H]1CC[C@H]2[C@@H]3CCC4C5OC5CC[C@]4(C)[C@H]3CC[C@]12C. The van der Waals surface area contributed by atoms with Crippen LogP contribution in [0.5, 0.6) is 0 Å². The normalized spacial score (nSPS) is 53.1. The minimum atomic E-state index is 0.600. The molecule has 1 heteroatoms. The van der Waals surface area contributed by atoms with E-state index in [-0.39, 0.29) is 0 Å². The number of fused-ring (bicyclic) bond motifs is 7. The molecule has 1 heterocycles. The Bertz CT molecular complexity index is 583. The van der Waals surface area contributed by atoms with E-state index in [0.29, 0.717) is 23.0 Å². The van der Waals surface area contributed by atoms with E-state index in [1.54, 1.807) is 6.42 Å². The van der Waals surface area contributed by atoms with Crippen molar-refractivity contribution in [1.29, 1.82) is 0 Å². The fraction of sp³-hybridized carbons (Fsp3) is 1.00. The molecular weight excluding hydrogens is 340 g/mol. The predicted molar refractivity (Wildman–Crippen MR) is 117 cm³/mol. The summed E-state index contributed by atoms with van der Waals surface area (Å²) < 4.78 is 6.10. The molecule has 0 bridgehead atoms. The highest BCUT2D eigenvalue weighted by Crippen LogP contribution is 2.69. The van der Waals surface area contributed by atoms with Gasteiger partial charge in [0.15, 0.2) is 0 Å². The second kappa shape index (κ2) is 7.00. The highest BCUT2D eigenvalue weighted by Gasteiger charge is 2.65. The van der Waals surface area contributed by atoms with Crippen LogP contribution in [-0.4, -0.2) is 12.2 Å². The van der Waals surface area contributed by atoms with Crippen LogP contribution in [0, 0.1) is 52.3 Å². The van der Waals surface area contributed by atoms with Crippen molar-refractivity contribution in [2.24, 2.45) is 52.3 Å². The first kappa shape index (κ1) is 19.9. The zero-order valence-electron chi connectivity index (χ0n) is 19.4. The predicted octanol–water partition coefficient (Wildman–Crippen LogP) is 7.49. The third-order valence-corrected chi connectivity index (χ3v) is 11.1. The summed E-state index contributed by atoms with van der Waals surface area (Å²) in [5.74, 6) is 6.76. The Morgan fingerprint density at radius 3 is 2.29 bits per heavy atom. The summed E-state index contributed by atoms with van der Waals surface area (Å²) in [7, 11) is 0. The van der Waals surface area contributed by atoms with Gasteiger partial charge in [0.1, 0.15) is 0 Å². The van der Waals surface area contributed by atoms with Crippen molar-refractivity contribution in [3.05, 3.63) is 0 Å². The van der Waals surface area contributed by atoms with E-state index in [1.807, 2.05) is 0 Å². The maximum absolute atomic E-state index is 6.10. The van der Waals surface area contributed by atoms with Gasteiger partial charge in [0.05, 0.1) is 12.2 Å². The van der Waals surface area contributed by atoms with E-state index in [1.165, 1.54) is 64.2 Å². The zero-order chi connectivity index (χ0) is 19.7. The molecule has 0 aromatic carbocycles. The molecule has 160 valence electrons. The van der Waals surface area contributed by atoms with Crippen molar-refractivity contribution in [2.45, 2.75) is 117 Å². The molecule has 5 fully saturated rings. The van der Waals surface area contributed by atoms with Crippen LogP contribution in [-0.2, 0) is 4.74 Å². The van der Waals surface area contributed by atoms with E-state index in [2.05, 4.69) is 34.6 Å². The van der Waals surface area contributed by atoms with Crippen molar-refractivity contribution < 1.29 is 4.74 Å². The van der Waals surface area contributed by atoms with Gasteiger partial charge >= 0.3 is 0 Å². The molecule has 0 aromatic rings. The summed E-state index contributed by atoms with van der Waals surface area (Å²) >= 11 is 0. The van der Waals surface area contributed by atoms with Crippen LogP contribution in [0.2, 0.25) is 0 Å². The van der Waals surface area contributed by atoms with Gasteiger partial charge in [-0.05, 0) is 104 Å². The Hall–Kier alpha value is -0.0400. The minimum absolute atomic E-state index is 0.600. The summed E-state index contributed by atoms with van der Waals surface area (Å²) in [5.41, 5.74) is 1.25. The number of ether oxygens (including phenoxy) is 1. The van der Waals surface area contributed by atoms with Crippen LogP contribution >= 0.6 is 0 Å². The van der Waals surface area contributed by atoms with Crippen LogP contribution in [0.3, 0.4) is 0 Å². The standard InChI is InChI=1S/C27H46O/c1-17(2)7-6-8-18(3)20-11-12-21-19-9-10-23-25-24(28-25)14-16-27(23,5)22(19)13-15-26(20,21)4/h17-25H,6-16H2,1-5H3/t18-,19+,20-,21+,22+,23?,24?,25?,26-,27-/m1/s1. The maximum atomic E-state index is 6.10. The van der Waals surface area contributed by atoms with E-state index in [0.717, 1.165) is 41.4 Å². The molecule has 0 N–H and O–H groups in total. The molecule has 28 heavy (non-hydrogen) atoms. The van der Waals surface area contributed by atoms with E-state index in [4.69, 9.17) is 4.74 Å². The molecule has 1 saturated heterocycles. The summed E-state index contributed by atoms with van der Waals surface area (Å²) in [4.78, 5) is 0. The minimum Gasteiger partial charge on any atom is -0.369 e. The Morgan fingerprint density at radius 1 is 0.786 bits per heavy atom. The molecule has 1 nitrogen and oxygen atoms in total. The lowest BCUT2D eigenvalue weighted by Gasteiger charge is -2.60. The molecule has 4 saturated carbocycles. The van der Waals surface area contributed by atoms with Crippen LogP contribution in [0.1, 0.15) is 105 Å². The second-order valence-corrected chi connectivity index (χ2v) is 12.8. The van der Waals surface area contributed by atoms with Gasteiger partial charge in [-0.3, -0.25) is 0 Å². The van der Waals surface area contributed by atoms with Crippen molar-refractivity contribution in [3.63, 3.8) is 0 Å². The fourth-order valence-electron chi connectivity index (χ4n) is 9.62. The number of rotatable bonds is 5. The van der Waals surface area contributed by atoms with Crippen molar-refractivity contribution in [2.75, 3.05) is 0 Å². The molecule has 5 rings (SSSR count). The molecule has 0 amide bonds. The Labute approximate surface area is 174 Å². The Balaban J connectivity index is 1.30. The Kier molecular flexibility index (Phi) is 4.97. The van der Waals surface area contributed by atoms with Crippen molar-refractivity contribution in [1.82, 2.24) is 0 Å². The molecule has 5 aliphatic rings. The lowest BCUT2D eigenvalue weighted by Crippen LogP contribution is -2.54. The molecule has 4 aliphatic carbocycles. The topological polar surface area (TPSA) is 12.5 Å². The summed E-state index contributed by atoms with van der Waals surface area (Å²) in [6, 6.07) is 0. The number of hydrogen-bond donors (Lipinski definition) is 0. The first-order valence-corrected chi connectivity index (χ1v) is 13.0. The molecule has 3 unspecified atom stereocenters. The smallest absolute Gasteiger partial charge is 0.0875 e. The monoisotopic (exact) mass is 386 g/mol. The van der Waals surface area contributed by atoms with Gasteiger partial charge in [-0.2, -0.15) is 0 Å². The maximum Gasteiger partial charge on any atom is 0.0875 e. The van der Waals surface area contributed by atoms with E-state index in [9.17, 15) is 0 Å². The lowest BCUT2D eigenvalue weighted by molar-refractivity contribution is -0.111. The first-order valence-electron chi connectivity index (χ1n) is 13.0. The molecule has 1 aliphatic heterocycles. The van der Waals surface area contributed by atoms with Gasteiger partial charge in [0, 0.05) is 0 Å². The quantitative estimate of drug-likeness (QED) is 0.446. The Morgan fingerprint density at radius 2 is 1.50 bits per heavy atom. The first-order chi connectivity index (χ1) is 13.3. The van der Waals surface area contributed by atoms with Gasteiger partial charge in [-0.1, -0.05) is 53.9 Å². The highest BCUT2D eigenvalue weighted by atomic mass is 16.6. The van der Waals surface area contributed by atoms with Crippen LogP contribution in [0.15, 0.2) is 0 Å². The van der Waals surface area contributed by atoms with E-state index < -0.39 is 0 Å². The molecule has 0 radical (unpaired) electrons. The highest BCUT2D eigenvalue weighted by molar-refractivity contribution is 5.13. The largest absolute Gasteiger partial charge is 0.369 e. The molecule has 0 aromatic heterocycles. The third-order valence-electron chi connectivity index (χ3n) is 11.1. The summed E-state index contributed by atoms with van der Waals surface area (Å²) in [6.45, 7) is 12.8. The lowest BCUT2D eigenvalue weighted by atomic mass is 9.44. The average Bonchev–Trinajstić information content (AvgIpc) is 3.34. The number of epoxide rings is 1. The van der Waals surface area contributed by atoms with Gasteiger partial charge in [0.2, 0.25) is 0 Å². The van der Waals surface area contributed by atoms with Gasteiger partial charge < -0.3 is 4.74 Å². The van der Waals surface area contributed by atoms with Gasteiger partial charge in [-0.15, -0.1) is 0 Å². The molecular formula is C27H46O. The summed E-state index contributed by atoms with van der Waals surface area (Å²) in [5, 5.41) is 0. The van der Waals surface area contributed by atoms with Crippen LogP contribution in [0.25, 0.3) is 0 Å². The zero-order valence-corrected chi connectivity index (χ0v) is 19.4. The van der Waals surface area contributed by atoms with E-state index >= 15 is 0 Å². The third kappa shape index (κ3) is 2.96. The van der Waals surface area contributed by atoms with Crippen LogP contribution < -0.4 is 0 Å². The molecule has 0 spiro atoms.